The monoisotopic (exact) mass is 369 g/mol. The van der Waals surface area contributed by atoms with Crippen LogP contribution >= 0.6 is 22.6 Å². The third kappa shape index (κ3) is 2.13. The fourth-order valence-electron chi connectivity index (χ4n) is 2.46. The predicted octanol–water partition coefficient (Wildman–Crippen LogP) is 1.93. The molecule has 1 N–H and O–H groups in total. The van der Waals surface area contributed by atoms with Gasteiger partial charge in [-0.05, 0) is 53.6 Å². The summed E-state index contributed by atoms with van der Waals surface area (Å²) in [6, 6.07) is 3.73. The number of nitrogens with one attached hydrogen (secondary N) is 1. The number of aromatic nitrogens is 2. The number of rotatable bonds is 1. The van der Waals surface area contributed by atoms with E-state index in [1.165, 1.54) is 0 Å². The second-order valence-corrected chi connectivity index (χ2v) is 5.95. The van der Waals surface area contributed by atoms with Crippen molar-refractivity contribution in [2.45, 2.75) is 25.8 Å². The molecule has 1 unspecified atom stereocenters. The lowest BCUT2D eigenvalue weighted by molar-refractivity contribution is -0.135. The fraction of sp³-hybridized carbons (Fsp3) is 0.308. The summed E-state index contributed by atoms with van der Waals surface area (Å²) in [6.45, 7) is 2.01. The number of benzene rings is 1. The van der Waals surface area contributed by atoms with Gasteiger partial charge >= 0.3 is 0 Å². The van der Waals surface area contributed by atoms with Crippen LogP contribution in [0.2, 0.25) is 0 Å². The minimum absolute atomic E-state index is 0.198. The summed E-state index contributed by atoms with van der Waals surface area (Å²) in [6.07, 6.45) is 2.59. The molecule has 1 aliphatic heterocycles. The molecule has 3 rings (SSSR count). The van der Waals surface area contributed by atoms with E-state index in [0.29, 0.717) is 12.8 Å². The molecule has 2 aromatic rings. The van der Waals surface area contributed by atoms with E-state index in [0.717, 1.165) is 20.2 Å². The highest BCUT2D eigenvalue weighted by atomic mass is 127. The highest BCUT2D eigenvalue weighted by Crippen LogP contribution is 2.26. The van der Waals surface area contributed by atoms with Gasteiger partial charge in [-0.25, -0.2) is 4.98 Å². The van der Waals surface area contributed by atoms with Gasteiger partial charge in [0, 0.05) is 9.99 Å². The molecule has 1 atom stereocenters. The molecule has 0 aliphatic carbocycles. The molecule has 0 saturated carbocycles. The van der Waals surface area contributed by atoms with Crippen molar-refractivity contribution in [3.05, 3.63) is 27.6 Å². The van der Waals surface area contributed by atoms with Gasteiger partial charge in [-0.1, -0.05) is 0 Å². The minimum atomic E-state index is -0.347. The molecule has 0 bridgehead atoms. The molecule has 1 fully saturated rings. The van der Waals surface area contributed by atoms with Crippen molar-refractivity contribution in [1.82, 2.24) is 14.9 Å². The second-order valence-electron chi connectivity index (χ2n) is 4.71. The molecule has 19 heavy (non-hydrogen) atoms. The van der Waals surface area contributed by atoms with Gasteiger partial charge in [0.05, 0.1) is 17.4 Å². The molecule has 6 heteroatoms. The van der Waals surface area contributed by atoms with Crippen LogP contribution < -0.4 is 5.32 Å². The zero-order chi connectivity index (χ0) is 13.6. The first-order valence-corrected chi connectivity index (χ1v) is 7.10. The van der Waals surface area contributed by atoms with E-state index in [-0.39, 0.29) is 17.9 Å². The lowest BCUT2D eigenvalue weighted by Gasteiger charge is -2.22. The quantitative estimate of drug-likeness (QED) is 0.617. The van der Waals surface area contributed by atoms with Crippen LogP contribution in [0.4, 0.5) is 0 Å². The van der Waals surface area contributed by atoms with Crippen LogP contribution in [0.5, 0.6) is 0 Å². The molecule has 0 radical (unpaired) electrons. The van der Waals surface area contributed by atoms with Crippen molar-refractivity contribution in [3.8, 4) is 0 Å². The molecule has 1 aromatic heterocycles. The van der Waals surface area contributed by atoms with Crippen LogP contribution in [0.1, 0.15) is 24.4 Å². The number of hydrogen-bond acceptors (Lipinski definition) is 3. The van der Waals surface area contributed by atoms with Gasteiger partial charge < -0.3 is 4.57 Å². The summed E-state index contributed by atoms with van der Waals surface area (Å²) in [4.78, 5) is 27.5. The number of imide groups is 1. The van der Waals surface area contributed by atoms with Crippen LogP contribution in [0.15, 0.2) is 18.5 Å². The summed E-state index contributed by atoms with van der Waals surface area (Å²) < 4.78 is 2.98. The number of aryl methyl sites for hydroxylation is 1. The summed E-state index contributed by atoms with van der Waals surface area (Å²) in [5.41, 5.74) is 2.94. The molecule has 1 saturated heterocycles. The van der Waals surface area contributed by atoms with E-state index in [9.17, 15) is 9.59 Å². The molecule has 2 amide bonds. The van der Waals surface area contributed by atoms with Gasteiger partial charge in [0.1, 0.15) is 6.04 Å². The number of amides is 2. The Bertz CT molecular complexity index is 692. The minimum Gasteiger partial charge on any atom is -0.318 e. The average Bonchev–Trinajstić information content (AvgIpc) is 2.73. The maximum Gasteiger partial charge on any atom is 0.249 e. The number of carbonyl (C=O) groups is 2. The molecule has 1 aliphatic rings. The Morgan fingerprint density at radius 3 is 2.95 bits per heavy atom. The van der Waals surface area contributed by atoms with Crippen molar-refractivity contribution in [3.63, 3.8) is 0 Å². The third-order valence-corrected chi connectivity index (χ3v) is 4.00. The van der Waals surface area contributed by atoms with Crippen LogP contribution in [0.3, 0.4) is 0 Å². The topological polar surface area (TPSA) is 64.0 Å². The van der Waals surface area contributed by atoms with Gasteiger partial charge in [0.15, 0.2) is 0 Å². The number of hydrogen-bond donors (Lipinski definition) is 1. The summed E-state index contributed by atoms with van der Waals surface area (Å²) in [5, 5.41) is 2.38. The highest BCUT2D eigenvalue weighted by Gasteiger charge is 2.29. The molecule has 1 aromatic carbocycles. The number of imidazole rings is 1. The zero-order valence-corrected chi connectivity index (χ0v) is 12.5. The Hall–Kier alpha value is -1.44. The molecule has 98 valence electrons. The largest absolute Gasteiger partial charge is 0.318 e. The normalized spacial score (nSPS) is 19.8. The van der Waals surface area contributed by atoms with Crippen molar-refractivity contribution in [2.24, 2.45) is 0 Å². The Kier molecular flexibility index (Phi) is 3.04. The van der Waals surface area contributed by atoms with Crippen LogP contribution in [0, 0.1) is 10.5 Å². The van der Waals surface area contributed by atoms with Crippen LogP contribution in [-0.4, -0.2) is 21.4 Å². The van der Waals surface area contributed by atoms with Gasteiger partial charge in [-0.15, -0.1) is 0 Å². The smallest absolute Gasteiger partial charge is 0.249 e. The van der Waals surface area contributed by atoms with Crippen molar-refractivity contribution >= 4 is 45.4 Å². The fourth-order valence-corrected chi connectivity index (χ4v) is 3.22. The number of nitrogens with zero attached hydrogens (tertiary/aromatic N) is 2. The van der Waals surface area contributed by atoms with E-state index in [4.69, 9.17) is 0 Å². The van der Waals surface area contributed by atoms with E-state index in [1.807, 2.05) is 17.6 Å². The SMILES string of the molecule is Cc1cc(I)cc2c1ncn2C1CCC(=O)NC1=O. The molecular formula is C13H12IN3O2. The lowest BCUT2D eigenvalue weighted by atomic mass is 10.1. The maximum absolute atomic E-state index is 11.9. The lowest BCUT2D eigenvalue weighted by Crippen LogP contribution is -2.41. The first kappa shape index (κ1) is 12.6. The van der Waals surface area contributed by atoms with E-state index >= 15 is 0 Å². The Balaban J connectivity index is 2.11. The molecule has 2 heterocycles. The van der Waals surface area contributed by atoms with Crippen LogP contribution in [-0.2, 0) is 9.59 Å². The molecular weight excluding hydrogens is 357 g/mol. The standard InChI is InChI=1S/C13H12IN3O2/c1-7-4-8(14)5-10-12(7)15-6-17(10)9-2-3-11(18)16-13(9)19/h4-6,9H,2-3H2,1H3,(H,16,18,19). The van der Waals surface area contributed by atoms with Crippen LogP contribution in [0.25, 0.3) is 11.0 Å². The second kappa shape index (κ2) is 4.59. The highest BCUT2D eigenvalue weighted by molar-refractivity contribution is 14.1. The Morgan fingerprint density at radius 1 is 1.42 bits per heavy atom. The van der Waals surface area contributed by atoms with Crippen molar-refractivity contribution in [1.29, 1.82) is 0 Å². The number of halogens is 1. The predicted molar refractivity (Wildman–Crippen MR) is 78.6 cm³/mol. The first-order chi connectivity index (χ1) is 9.06. The molecule has 5 nitrogen and oxygen atoms in total. The van der Waals surface area contributed by atoms with E-state index in [1.54, 1.807) is 6.33 Å². The van der Waals surface area contributed by atoms with Crippen molar-refractivity contribution < 1.29 is 9.59 Å². The van der Waals surface area contributed by atoms with Gasteiger partial charge in [0.2, 0.25) is 11.8 Å². The maximum atomic E-state index is 11.9. The zero-order valence-electron chi connectivity index (χ0n) is 10.3. The van der Waals surface area contributed by atoms with E-state index < -0.39 is 0 Å². The van der Waals surface area contributed by atoms with Gasteiger partial charge in [0.25, 0.3) is 0 Å². The first-order valence-electron chi connectivity index (χ1n) is 6.02. The number of fused-ring (bicyclic) bond motifs is 1. The van der Waals surface area contributed by atoms with Gasteiger partial charge in [-0.2, -0.15) is 0 Å². The van der Waals surface area contributed by atoms with Crippen molar-refractivity contribution in [2.75, 3.05) is 0 Å². The summed E-state index contributed by atoms with van der Waals surface area (Å²) in [7, 11) is 0. The third-order valence-electron chi connectivity index (χ3n) is 3.38. The number of carbonyl (C=O) groups excluding carboxylic acids is 2. The Morgan fingerprint density at radius 2 is 2.21 bits per heavy atom. The summed E-state index contributed by atoms with van der Waals surface area (Å²) >= 11 is 2.25. The van der Waals surface area contributed by atoms with E-state index in [2.05, 4.69) is 39.0 Å². The van der Waals surface area contributed by atoms with Gasteiger partial charge in [-0.3, -0.25) is 14.9 Å². The average molecular weight is 369 g/mol. The summed E-state index contributed by atoms with van der Waals surface area (Å²) in [5.74, 6) is -0.441. The molecule has 0 spiro atoms. The Labute approximate surface area is 123 Å². The number of piperidine rings is 1.